The molecule has 1 amide bonds. The Morgan fingerprint density at radius 3 is 2.45 bits per heavy atom. The fourth-order valence-corrected chi connectivity index (χ4v) is 1.94. The molecule has 0 fully saturated rings. The monoisotopic (exact) mass is 270 g/mol. The highest BCUT2D eigenvalue weighted by Gasteiger charge is 2.12. The molecule has 0 bridgehead atoms. The Morgan fingerprint density at radius 2 is 1.80 bits per heavy atom. The van der Waals surface area contributed by atoms with Gasteiger partial charge < -0.3 is 15.7 Å². The molecule has 4 heteroatoms. The number of nitrogen functional groups attached to an aromatic ring is 1. The van der Waals surface area contributed by atoms with Crippen molar-refractivity contribution in [2.24, 2.45) is 0 Å². The number of anilines is 1. The lowest BCUT2D eigenvalue weighted by Crippen LogP contribution is -2.27. The number of para-hydroxylation sites is 1. The van der Waals surface area contributed by atoms with Crippen LogP contribution in [0.1, 0.15) is 11.1 Å². The number of nitrogens with zero attached hydrogens (tertiary/aromatic N) is 1. The molecule has 0 aromatic heterocycles. The highest BCUT2D eigenvalue weighted by atomic mass is 16.3. The molecule has 0 saturated carbocycles. The number of benzene rings is 2. The maximum atomic E-state index is 12.1. The Kier molecular flexibility index (Phi) is 4.25. The lowest BCUT2D eigenvalue weighted by Gasteiger charge is -2.17. The van der Waals surface area contributed by atoms with Gasteiger partial charge in [0, 0.05) is 24.8 Å². The molecular formula is C16H18N2O2. The SMILES string of the molecule is CN(Cc1ccc(N)cc1)C(=O)Cc1ccccc1O. The number of nitrogens with two attached hydrogens (primary N) is 1. The topological polar surface area (TPSA) is 66.6 Å². The first kappa shape index (κ1) is 13.9. The van der Waals surface area contributed by atoms with Gasteiger partial charge in [-0.25, -0.2) is 0 Å². The van der Waals surface area contributed by atoms with Crippen molar-refractivity contribution in [1.29, 1.82) is 0 Å². The summed E-state index contributed by atoms with van der Waals surface area (Å²) in [4.78, 5) is 13.8. The van der Waals surface area contributed by atoms with Gasteiger partial charge in [0.2, 0.25) is 5.91 Å². The van der Waals surface area contributed by atoms with Crippen LogP contribution in [0, 0.1) is 0 Å². The minimum atomic E-state index is -0.0386. The van der Waals surface area contributed by atoms with E-state index in [1.165, 1.54) is 0 Å². The molecule has 2 rings (SSSR count). The molecule has 2 aromatic rings. The number of phenolic OH excluding ortho intramolecular Hbond substituents is 1. The van der Waals surface area contributed by atoms with Crippen molar-refractivity contribution in [3.8, 4) is 5.75 Å². The number of amides is 1. The third-order valence-electron chi connectivity index (χ3n) is 3.16. The molecule has 0 aliphatic rings. The predicted molar refractivity (Wildman–Crippen MR) is 79.1 cm³/mol. The van der Waals surface area contributed by atoms with Crippen molar-refractivity contribution in [2.75, 3.05) is 12.8 Å². The Labute approximate surface area is 118 Å². The van der Waals surface area contributed by atoms with E-state index >= 15 is 0 Å². The quantitative estimate of drug-likeness (QED) is 0.837. The minimum Gasteiger partial charge on any atom is -0.508 e. The van der Waals surface area contributed by atoms with Gasteiger partial charge in [-0.05, 0) is 23.8 Å². The second-order valence-corrected chi connectivity index (χ2v) is 4.80. The standard InChI is InChI=1S/C16H18N2O2/c1-18(11-12-6-8-14(17)9-7-12)16(20)10-13-4-2-3-5-15(13)19/h2-9,19H,10-11,17H2,1H3. The lowest BCUT2D eigenvalue weighted by atomic mass is 10.1. The summed E-state index contributed by atoms with van der Waals surface area (Å²) in [6.07, 6.45) is 0.193. The van der Waals surface area contributed by atoms with Crippen LogP contribution in [0.2, 0.25) is 0 Å². The Bertz CT molecular complexity index is 594. The molecule has 104 valence electrons. The minimum absolute atomic E-state index is 0.0386. The third kappa shape index (κ3) is 3.51. The van der Waals surface area contributed by atoms with Crippen molar-refractivity contribution in [2.45, 2.75) is 13.0 Å². The zero-order valence-corrected chi connectivity index (χ0v) is 11.4. The Hall–Kier alpha value is -2.49. The van der Waals surface area contributed by atoms with Gasteiger partial charge in [0.25, 0.3) is 0 Å². The number of rotatable bonds is 4. The highest BCUT2D eigenvalue weighted by molar-refractivity contribution is 5.79. The van der Waals surface area contributed by atoms with E-state index in [1.807, 2.05) is 30.3 Å². The summed E-state index contributed by atoms with van der Waals surface area (Å²) in [6.45, 7) is 0.521. The van der Waals surface area contributed by atoms with Gasteiger partial charge in [-0.15, -0.1) is 0 Å². The van der Waals surface area contributed by atoms with Gasteiger partial charge in [-0.1, -0.05) is 30.3 Å². The van der Waals surface area contributed by atoms with E-state index in [9.17, 15) is 9.90 Å². The fraction of sp³-hybridized carbons (Fsp3) is 0.188. The maximum Gasteiger partial charge on any atom is 0.227 e. The van der Waals surface area contributed by atoms with Crippen molar-refractivity contribution < 1.29 is 9.90 Å². The number of likely N-dealkylation sites (N-methyl/N-ethyl adjacent to an activating group) is 1. The first-order chi connectivity index (χ1) is 9.56. The molecule has 0 unspecified atom stereocenters. The zero-order valence-electron chi connectivity index (χ0n) is 11.4. The summed E-state index contributed by atoms with van der Waals surface area (Å²) < 4.78 is 0. The average Bonchev–Trinajstić information content (AvgIpc) is 2.44. The zero-order chi connectivity index (χ0) is 14.5. The van der Waals surface area contributed by atoms with E-state index in [0.29, 0.717) is 17.8 Å². The number of aromatic hydroxyl groups is 1. The molecule has 3 N–H and O–H groups in total. The fourth-order valence-electron chi connectivity index (χ4n) is 1.94. The summed E-state index contributed by atoms with van der Waals surface area (Å²) in [7, 11) is 1.75. The van der Waals surface area contributed by atoms with Crippen LogP contribution in [-0.4, -0.2) is 23.0 Å². The van der Waals surface area contributed by atoms with E-state index in [1.54, 1.807) is 30.1 Å². The molecule has 20 heavy (non-hydrogen) atoms. The number of phenols is 1. The van der Waals surface area contributed by atoms with Crippen molar-refractivity contribution in [1.82, 2.24) is 4.90 Å². The van der Waals surface area contributed by atoms with Crippen LogP contribution < -0.4 is 5.73 Å². The Morgan fingerprint density at radius 1 is 1.15 bits per heavy atom. The molecule has 4 nitrogen and oxygen atoms in total. The van der Waals surface area contributed by atoms with Crippen molar-refractivity contribution >= 4 is 11.6 Å². The summed E-state index contributed by atoms with van der Waals surface area (Å²) in [5.41, 5.74) is 7.99. The van der Waals surface area contributed by atoms with Crippen LogP contribution in [-0.2, 0) is 17.8 Å². The number of hydrogen-bond donors (Lipinski definition) is 2. The highest BCUT2D eigenvalue weighted by Crippen LogP contribution is 2.17. The average molecular weight is 270 g/mol. The Balaban J connectivity index is 1.99. The summed E-state index contributed by atoms with van der Waals surface area (Å²) in [5.74, 6) is 0.116. The molecule has 0 radical (unpaired) electrons. The molecule has 0 spiro atoms. The van der Waals surface area contributed by atoms with Gasteiger partial charge in [0.15, 0.2) is 0 Å². The summed E-state index contributed by atoms with van der Waals surface area (Å²) in [6, 6.07) is 14.3. The summed E-state index contributed by atoms with van der Waals surface area (Å²) in [5, 5.41) is 9.68. The van der Waals surface area contributed by atoms with Crippen LogP contribution in [0.4, 0.5) is 5.69 Å². The van der Waals surface area contributed by atoms with Gasteiger partial charge in [-0.3, -0.25) is 4.79 Å². The number of carbonyl (C=O) groups is 1. The molecule has 0 aliphatic carbocycles. The van der Waals surface area contributed by atoms with E-state index in [-0.39, 0.29) is 18.1 Å². The maximum absolute atomic E-state index is 12.1. The third-order valence-corrected chi connectivity index (χ3v) is 3.16. The lowest BCUT2D eigenvalue weighted by molar-refractivity contribution is -0.129. The molecular weight excluding hydrogens is 252 g/mol. The van der Waals surface area contributed by atoms with Crippen LogP contribution in [0.25, 0.3) is 0 Å². The van der Waals surface area contributed by atoms with Crippen LogP contribution in [0.3, 0.4) is 0 Å². The smallest absolute Gasteiger partial charge is 0.227 e. The summed E-state index contributed by atoms with van der Waals surface area (Å²) >= 11 is 0. The molecule has 0 atom stereocenters. The molecule has 0 aliphatic heterocycles. The second kappa shape index (κ2) is 6.10. The van der Waals surface area contributed by atoms with Gasteiger partial charge >= 0.3 is 0 Å². The largest absolute Gasteiger partial charge is 0.508 e. The van der Waals surface area contributed by atoms with Gasteiger partial charge in [-0.2, -0.15) is 0 Å². The molecule has 2 aromatic carbocycles. The number of hydrogen-bond acceptors (Lipinski definition) is 3. The van der Waals surface area contributed by atoms with E-state index in [4.69, 9.17) is 5.73 Å². The van der Waals surface area contributed by atoms with Crippen molar-refractivity contribution in [3.63, 3.8) is 0 Å². The first-order valence-electron chi connectivity index (χ1n) is 6.41. The van der Waals surface area contributed by atoms with E-state index in [2.05, 4.69) is 0 Å². The first-order valence-corrected chi connectivity index (χ1v) is 6.41. The molecule has 0 heterocycles. The molecule has 0 saturated heterocycles. The van der Waals surface area contributed by atoms with Crippen LogP contribution in [0.5, 0.6) is 5.75 Å². The van der Waals surface area contributed by atoms with E-state index in [0.717, 1.165) is 5.56 Å². The van der Waals surface area contributed by atoms with Crippen LogP contribution >= 0.6 is 0 Å². The van der Waals surface area contributed by atoms with E-state index < -0.39 is 0 Å². The van der Waals surface area contributed by atoms with Crippen molar-refractivity contribution in [3.05, 3.63) is 59.7 Å². The van der Waals surface area contributed by atoms with Crippen LogP contribution in [0.15, 0.2) is 48.5 Å². The van der Waals surface area contributed by atoms with Gasteiger partial charge in [0.05, 0.1) is 6.42 Å². The van der Waals surface area contributed by atoms with Gasteiger partial charge in [0.1, 0.15) is 5.75 Å². The second-order valence-electron chi connectivity index (χ2n) is 4.80. The number of carbonyl (C=O) groups excluding carboxylic acids is 1. The normalized spacial score (nSPS) is 10.2. The predicted octanol–water partition coefficient (Wildman–Crippen LogP) is 2.18.